The van der Waals surface area contributed by atoms with Crippen LogP contribution in [0.15, 0.2) is 24.3 Å². The lowest BCUT2D eigenvalue weighted by Gasteiger charge is -2.29. The molecule has 1 atom stereocenters. The van der Waals surface area contributed by atoms with E-state index in [1.54, 1.807) is 0 Å². The van der Waals surface area contributed by atoms with Crippen molar-refractivity contribution >= 4 is 28.5 Å². The fourth-order valence-corrected chi connectivity index (χ4v) is 2.68. The molecule has 1 saturated heterocycles. The monoisotopic (exact) mass is 369 g/mol. The zero-order valence-corrected chi connectivity index (χ0v) is 12.7. The number of anilines is 1. The Labute approximate surface area is 125 Å². The summed E-state index contributed by atoms with van der Waals surface area (Å²) < 4.78 is 1.21. The molecule has 2 heterocycles. The van der Waals surface area contributed by atoms with Crippen LogP contribution in [0.4, 0.5) is 5.95 Å². The summed E-state index contributed by atoms with van der Waals surface area (Å²) in [4.78, 5) is 6.72. The topological polar surface area (TPSA) is 70.8 Å². The second-order valence-electron chi connectivity index (χ2n) is 4.84. The number of nitrogens with two attached hydrogens (primary N) is 1. The molecule has 2 aromatic rings. The molecule has 5 nitrogen and oxygen atoms in total. The molecule has 1 unspecified atom stereocenters. The van der Waals surface area contributed by atoms with Gasteiger partial charge in [-0.2, -0.15) is 4.98 Å². The average Bonchev–Trinajstić information content (AvgIpc) is 2.89. The van der Waals surface area contributed by atoms with Crippen molar-refractivity contribution in [2.75, 3.05) is 18.0 Å². The van der Waals surface area contributed by atoms with Gasteiger partial charge in [0.1, 0.15) is 0 Å². The van der Waals surface area contributed by atoms with Crippen molar-refractivity contribution in [3.8, 4) is 11.4 Å². The van der Waals surface area contributed by atoms with Gasteiger partial charge in [-0.1, -0.05) is 12.1 Å². The van der Waals surface area contributed by atoms with Crippen LogP contribution in [-0.4, -0.2) is 34.3 Å². The number of benzene rings is 1. The van der Waals surface area contributed by atoms with Crippen molar-refractivity contribution in [3.63, 3.8) is 0 Å². The van der Waals surface area contributed by atoms with Gasteiger partial charge >= 0.3 is 0 Å². The normalized spacial score (nSPS) is 19.7. The van der Waals surface area contributed by atoms with E-state index in [-0.39, 0.29) is 6.04 Å². The highest BCUT2D eigenvalue weighted by Crippen LogP contribution is 2.20. The first-order chi connectivity index (χ1) is 9.22. The second-order valence-corrected chi connectivity index (χ2v) is 6.08. The van der Waals surface area contributed by atoms with Gasteiger partial charge in [-0.25, -0.2) is 0 Å². The molecule has 1 aliphatic rings. The maximum Gasteiger partial charge on any atom is 0.245 e. The molecule has 0 aliphatic carbocycles. The highest BCUT2D eigenvalue weighted by Gasteiger charge is 2.20. The summed E-state index contributed by atoms with van der Waals surface area (Å²) in [6.45, 7) is 1.82. The summed E-state index contributed by atoms with van der Waals surface area (Å²) in [7, 11) is 0. The van der Waals surface area contributed by atoms with Crippen molar-refractivity contribution in [2.45, 2.75) is 18.9 Å². The van der Waals surface area contributed by atoms with Gasteiger partial charge in [0.2, 0.25) is 5.95 Å². The molecule has 0 amide bonds. The van der Waals surface area contributed by atoms with E-state index in [9.17, 15) is 0 Å². The van der Waals surface area contributed by atoms with E-state index in [0.717, 1.165) is 43.3 Å². The van der Waals surface area contributed by atoms with E-state index >= 15 is 0 Å². The van der Waals surface area contributed by atoms with E-state index in [0.29, 0.717) is 0 Å². The number of nitrogens with zero attached hydrogens (tertiary/aromatic N) is 3. The molecule has 1 aromatic carbocycles. The summed E-state index contributed by atoms with van der Waals surface area (Å²) in [5, 5.41) is 7.31. The van der Waals surface area contributed by atoms with Gasteiger partial charge in [0, 0.05) is 28.3 Å². The molecule has 0 saturated carbocycles. The Morgan fingerprint density at radius 2 is 2.11 bits per heavy atom. The van der Waals surface area contributed by atoms with Crippen LogP contribution in [0.5, 0.6) is 0 Å². The Bertz CT molecular complexity index is 550. The number of halogens is 1. The van der Waals surface area contributed by atoms with Gasteiger partial charge < -0.3 is 10.6 Å². The minimum atomic E-state index is 0.231. The molecule has 0 bridgehead atoms. The summed E-state index contributed by atoms with van der Waals surface area (Å²) >= 11 is 2.29. The van der Waals surface area contributed by atoms with Crippen LogP contribution in [0.1, 0.15) is 12.8 Å². The van der Waals surface area contributed by atoms with Crippen molar-refractivity contribution < 1.29 is 0 Å². The predicted molar refractivity (Wildman–Crippen MR) is 84.0 cm³/mol. The van der Waals surface area contributed by atoms with Gasteiger partial charge in [0.25, 0.3) is 0 Å². The molecule has 3 N–H and O–H groups in total. The van der Waals surface area contributed by atoms with Gasteiger partial charge in [-0.15, -0.1) is 5.10 Å². The number of rotatable bonds is 2. The maximum atomic E-state index is 5.99. The molecule has 0 radical (unpaired) electrons. The first kappa shape index (κ1) is 12.9. The molecule has 0 spiro atoms. The van der Waals surface area contributed by atoms with Crippen molar-refractivity contribution in [1.29, 1.82) is 0 Å². The summed E-state index contributed by atoms with van der Waals surface area (Å²) in [5.74, 6) is 1.56. The van der Waals surface area contributed by atoms with Gasteiger partial charge in [0.15, 0.2) is 5.82 Å². The van der Waals surface area contributed by atoms with Gasteiger partial charge in [-0.05, 0) is 47.6 Å². The molecule has 1 aromatic heterocycles. The SMILES string of the molecule is NC1CCCN(c2n[nH]c(-c3ccc(I)cc3)n2)C1. The minimum Gasteiger partial charge on any atom is -0.338 e. The van der Waals surface area contributed by atoms with Crippen LogP contribution >= 0.6 is 22.6 Å². The molecule has 100 valence electrons. The second kappa shape index (κ2) is 5.46. The third kappa shape index (κ3) is 2.89. The molecular formula is C13H16IN5. The Morgan fingerprint density at radius 1 is 1.32 bits per heavy atom. The van der Waals surface area contributed by atoms with Crippen LogP contribution in [0.2, 0.25) is 0 Å². The average molecular weight is 369 g/mol. The first-order valence-corrected chi connectivity index (χ1v) is 7.49. The van der Waals surface area contributed by atoms with E-state index in [1.165, 1.54) is 3.57 Å². The van der Waals surface area contributed by atoms with Crippen LogP contribution in [0.25, 0.3) is 11.4 Å². The minimum absolute atomic E-state index is 0.231. The number of nitrogens with one attached hydrogen (secondary N) is 1. The number of H-pyrrole nitrogens is 1. The summed E-state index contributed by atoms with van der Waals surface area (Å²) in [5.41, 5.74) is 7.04. The maximum absolute atomic E-state index is 5.99. The number of hydrogen-bond acceptors (Lipinski definition) is 4. The van der Waals surface area contributed by atoms with Crippen LogP contribution in [0, 0.1) is 3.57 Å². The lowest BCUT2D eigenvalue weighted by molar-refractivity contribution is 0.500. The molecule has 19 heavy (non-hydrogen) atoms. The Balaban J connectivity index is 1.81. The zero-order chi connectivity index (χ0) is 13.2. The fraction of sp³-hybridized carbons (Fsp3) is 0.385. The lowest BCUT2D eigenvalue weighted by atomic mass is 10.1. The first-order valence-electron chi connectivity index (χ1n) is 6.41. The number of hydrogen-bond donors (Lipinski definition) is 2. The summed E-state index contributed by atoms with van der Waals surface area (Å²) in [6.07, 6.45) is 2.19. The van der Waals surface area contributed by atoms with Crippen molar-refractivity contribution in [2.24, 2.45) is 5.73 Å². The molecule has 1 fully saturated rings. The van der Waals surface area contributed by atoms with E-state index < -0.39 is 0 Å². The van der Waals surface area contributed by atoms with Gasteiger partial charge in [-0.3, -0.25) is 5.10 Å². The Morgan fingerprint density at radius 3 is 2.84 bits per heavy atom. The van der Waals surface area contributed by atoms with E-state index in [1.807, 2.05) is 12.1 Å². The van der Waals surface area contributed by atoms with Gasteiger partial charge in [0.05, 0.1) is 0 Å². The fourth-order valence-electron chi connectivity index (χ4n) is 2.32. The van der Waals surface area contributed by atoms with Crippen molar-refractivity contribution in [1.82, 2.24) is 15.2 Å². The predicted octanol–water partition coefficient (Wildman–Crippen LogP) is 2.00. The van der Waals surface area contributed by atoms with Crippen LogP contribution in [0.3, 0.4) is 0 Å². The Hall–Kier alpha value is -1.15. The number of aromatic nitrogens is 3. The quantitative estimate of drug-likeness (QED) is 0.795. The summed E-state index contributed by atoms with van der Waals surface area (Å²) in [6, 6.07) is 8.46. The zero-order valence-electron chi connectivity index (χ0n) is 10.5. The van der Waals surface area contributed by atoms with E-state index in [4.69, 9.17) is 5.73 Å². The molecule has 6 heteroatoms. The third-order valence-corrected chi connectivity index (χ3v) is 4.05. The number of piperidine rings is 1. The van der Waals surface area contributed by atoms with Crippen molar-refractivity contribution in [3.05, 3.63) is 27.8 Å². The standard InChI is InChI=1S/C13H16IN5/c14-10-5-3-9(4-6-10)12-16-13(18-17-12)19-7-1-2-11(15)8-19/h3-6,11H,1-2,7-8,15H2,(H,16,17,18). The largest absolute Gasteiger partial charge is 0.338 e. The lowest BCUT2D eigenvalue weighted by Crippen LogP contribution is -2.43. The molecular weight excluding hydrogens is 353 g/mol. The number of aromatic amines is 1. The van der Waals surface area contributed by atoms with E-state index in [2.05, 4.69) is 54.8 Å². The highest BCUT2D eigenvalue weighted by atomic mass is 127. The Kier molecular flexibility index (Phi) is 3.69. The third-order valence-electron chi connectivity index (χ3n) is 3.33. The molecule has 1 aliphatic heterocycles. The van der Waals surface area contributed by atoms with Crippen LogP contribution < -0.4 is 10.6 Å². The highest BCUT2D eigenvalue weighted by molar-refractivity contribution is 14.1. The smallest absolute Gasteiger partial charge is 0.245 e. The molecule has 3 rings (SSSR count). The van der Waals surface area contributed by atoms with Crippen LogP contribution in [-0.2, 0) is 0 Å².